The highest BCUT2D eigenvalue weighted by Crippen LogP contribution is 2.57. The lowest BCUT2D eigenvalue weighted by Crippen LogP contribution is -2.49. The molecular formula is C28H29Cl2FN4O2. The van der Waals surface area contributed by atoms with Crippen LogP contribution in [0, 0.1) is 11.2 Å². The van der Waals surface area contributed by atoms with Crippen LogP contribution < -0.4 is 16.0 Å². The summed E-state index contributed by atoms with van der Waals surface area (Å²) in [6.45, 7) is 6.22. The molecular weight excluding hydrogens is 514 g/mol. The summed E-state index contributed by atoms with van der Waals surface area (Å²) in [7, 11) is 1.82. The van der Waals surface area contributed by atoms with Crippen LogP contribution in [-0.4, -0.2) is 28.5 Å². The summed E-state index contributed by atoms with van der Waals surface area (Å²) in [4.78, 5) is 28.0. The molecule has 4 atom stereocenters. The largest absolute Gasteiger partial charge is 0.338 e. The summed E-state index contributed by atoms with van der Waals surface area (Å²) >= 11 is 12.5. The van der Waals surface area contributed by atoms with Crippen LogP contribution >= 0.6 is 23.2 Å². The van der Waals surface area contributed by atoms with Gasteiger partial charge < -0.3 is 20.5 Å². The van der Waals surface area contributed by atoms with E-state index in [1.54, 1.807) is 41.0 Å². The molecule has 3 N–H and O–H groups in total. The first-order chi connectivity index (χ1) is 17.4. The molecule has 3 aromatic rings. The maximum Gasteiger partial charge on any atom is 0.243 e. The Morgan fingerprint density at radius 3 is 2.59 bits per heavy atom. The minimum atomic E-state index is -1.28. The second-order valence-electron chi connectivity index (χ2n) is 11.1. The van der Waals surface area contributed by atoms with Crippen LogP contribution in [0.5, 0.6) is 0 Å². The lowest BCUT2D eigenvalue weighted by Gasteiger charge is -2.37. The van der Waals surface area contributed by atoms with Gasteiger partial charge in [0.05, 0.1) is 11.1 Å². The minimum Gasteiger partial charge on any atom is -0.338 e. The van der Waals surface area contributed by atoms with Gasteiger partial charge in [-0.3, -0.25) is 9.59 Å². The van der Waals surface area contributed by atoms with Gasteiger partial charge >= 0.3 is 0 Å². The van der Waals surface area contributed by atoms with E-state index < -0.39 is 29.2 Å². The zero-order chi connectivity index (χ0) is 26.7. The van der Waals surface area contributed by atoms with Crippen molar-refractivity contribution in [3.05, 3.63) is 81.7 Å². The van der Waals surface area contributed by atoms with Gasteiger partial charge in [-0.15, -0.1) is 0 Å². The Labute approximate surface area is 225 Å². The second-order valence-corrected chi connectivity index (χ2v) is 11.9. The number of halogens is 3. The normalized spacial score (nSPS) is 24.8. The van der Waals surface area contributed by atoms with Crippen molar-refractivity contribution in [3.63, 3.8) is 0 Å². The molecule has 1 spiro atoms. The first-order valence-electron chi connectivity index (χ1n) is 12.2. The zero-order valence-corrected chi connectivity index (χ0v) is 22.5. The Morgan fingerprint density at radius 1 is 1.16 bits per heavy atom. The summed E-state index contributed by atoms with van der Waals surface area (Å²) in [5.41, 5.74) is -0.0339. The van der Waals surface area contributed by atoms with Crippen molar-refractivity contribution >= 4 is 46.5 Å². The number of rotatable bonds is 4. The number of nitrogens with one attached hydrogen (secondary N) is 3. The average molecular weight is 543 g/mol. The van der Waals surface area contributed by atoms with E-state index >= 15 is 4.39 Å². The van der Waals surface area contributed by atoms with Gasteiger partial charge in [0.25, 0.3) is 0 Å². The van der Waals surface area contributed by atoms with Crippen LogP contribution in [0.2, 0.25) is 10.0 Å². The number of aryl methyl sites for hydroxylation is 1. The molecule has 2 aliphatic rings. The predicted octanol–water partition coefficient (Wildman–Crippen LogP) is 5.86. The van der Waals surface area contributed by atoms with Crippen LogP contribution in [0.4, 0.5) is 15.9 Å². The summed E-state index contributed by atoms with van der Waals surface area (Å²) < 4.78 is 17.5. The quantitative estimate of drug-likeness (QED) is 0.386. The number of fused-ring (bicyclic) bond motifs is 2. The number of amides is 2. The van der Waals surface area contributed by atoms with Gasteiger partial charge in [0.15, 0.2) is 0 Å². The lowest BCUT2D eigenvalue weighted by atomic mass is 9.62. The highest BCUT2D eigenvalue weighted by molar-refractivity contribution is 6.31. The van der Waals surface area contributed by atoms with Crippen molar-refractivity contribution in [2.24, 2.45) is 12.5 Å². The van der Waals surface area contributed by atoms with Gasteiger partial charge in [0.1, 0.15) is 17.1 Å². The fourth-order valence-corrected chi connectivity index (χ4v) is 6.30. The van der Waals surface area contributed by atoms with Crippen LogP contribution in [0.1, 0.15) is 44.2 Å². The van der Waals surface area contributed by atoms with Crippen LogP contribution in [0.25, 0.3) is 0 Å². The van der Waals surface area contributed by atoms with Crippen LogP contribution in [0.3, 0.4) is 0 Å². The lowest BCUT2D eigenvalue weighted by molar-refractivity contribution is -0.122. The Hall–Kier alpha value is -2.87. The maximum atomic E-state index is 15.8. The highest BCUT2D eigenvalue weighted by Gasteiger charge is 2.66. The monoisotopic (exact) mass is 542 g/mol. The third-order valence-corrected chi connectivity index (χ3v) is 7.94. The third-order valence-electron chi connectivity index (χ3n) is 7.42. The van der Waals surface area contributed by atoms with Crippen LogP contribution in [-0.2, 0) is 22.1 Å². The van der Waals surface area contributed by atoms with Crippen molar-refractivity contribution in [2.75, 3.05) is 10.6 Å². The van der Waals surface area contributed by atoms with Gasteiger partial charge in [-0.05, 0) is 53.3 Å². The van der Waals surface area contributed by atoms with E-state index in [-0.39, 0.29) is 27.8 Å². The molecule has 0 radical (unpaired) electrons. The Balaban J connectivity index is 1.75. The summed E-state index contributed by atoms with van der Waals surface area (Å²) in [5.74, 6) is -1.60. The standard InChI is InChI=1S/C28H29Cl2FN4O2/c1-27(2,3)14-20-28(17-11-10-15(29)13-19(17)32-26(28)37)22(16-7-5-8-18(30)23(16)31)24(33-20)25(36)34-21-9-6-12-35(21)4/h5-13,20,22,24,33H,14H2,1-4H3,(H,32,37)(H,34,36)/t20-,22-,24+,28+/m0/s1. The Kier molecular flexibility index (Phi) is 6.37. The molecule has 1 aromatic heterocycles. The highest BCUT2D eigenvalue weighted by atomic mass is 35.5. The molecule has 6 nitrogen and oxygen atoms in total. The molecule has 5 rings (SSSR count). The van der Waals surface area contributed by atoms with E-state index in [4.69, 9.17) is 23.2 Å². The molecule has 1 fully saturated rings. The molecule has 37 heavy (non-hydrogen) atoms. The number of hydrogen-bond donors (Lipinski definition) is 3. The van der Waals surface area contributed by atoms with Crippen molar-refractivity contribution in [3.8, 4) is 0 Å². The summed E-state index contributed by atoms with van der Waals surface area (Å²) in [5, 5.41) is 9.81. The molecule has 194 valence electrons. The molecule has 1 saturated heterocycles. The topological polar surface area (TPSA) is 75.2 Å². The fraction of sp³-hybridized carbons (Fsp3) is 0.357. The number of nitrogens with zero attached hydrogens (tertiary/aromatic N) is 1. The van der Waals surface area contributed by atoms with Crippen molar-refractivity contribution in [1.82, 2.24) is 9.88 Å². The van der Waals surface area contributed by atoms with Gasteiger partial charge in [0.2, 0.25) is 11.8 Å². The smallest absolute Gasteiger partial charge is 0.243 e. The SMILES string of the molecule is Cn1cccc1NC(=O)[C@@H]1N[C@@H](CC(C)(C)C)[C@@]2(C(=O)Nc3cc(Cl)ccc32)[C@H]1c1cccc(Cl)c1F. The van der Waals surface area contributed by atoms with E-state index in [1.807, 2.05) is 19.3 Å². The first-order valence-corrected chi connectivity index (χ1v) is 12.9. The Morgan fingerprint density at radius 2 is 1.92 bits per heavy atom. The van der Waals surface area contributed by atoms with E-state index in [0.29, 0.717) is 28.5 Å². The molecule has 9 heteroatoms. The van der Waals surface area contributed by atoms with E-state index in [0.717, 1.165) is 0 Å². The molecule has 0 aliphatic carbocycles. The van der Waals surface area contributed by atoms with Gasteiger partial charge in [-0.25, -0.2) is 4.39 Å². The predicted molar refractivity (Wildman–Crippen MR) is 145 cm³/mol. The van der Waals surface area contributed by atoms with Crippen molar-refractivity contribution in [1.29, 1.82) is 0 Å². The molecule has 0 bridgehead atoms. The number of carbonyl (C=O) groups excluding carboxylic acids is 2. The van der Waals surface area contributed by atoms with Gasteiger partial charge in [0, 0.05) is 35.9 Å². The number of aromatic nitrogens is 1. The molecule has 0 saturated carbocycles. The van der Waals surface area contributed by atoms with Crippen molar-refractivity contribution in [2.45, 2.75) is 50.6 Å². The average Bonchev–Trinajstić information content (AvgIpc) is 3.44. The molecule has 2 aromatic carbocycles. The van der Waals surface area contributed by atoms with Crippen molar-refractivity contribution < 1.29 is 14.0 Å². The summed E-state index contributed by atoms with van der Waals surface area (Å²) in [6, 6.07) is 12.1. The third kappa shape index (κ3) is 4.23. The maximum absolute atomic E-state index is 15.8. The first kappa shape index (κ1) is 25.8. The number of anilines is 2. The Bertz CT molecular complexity index is 1400. The summed E-state index contributed by atoms with van der Waals surface area (Å²) in [6.07, 6.45) is 2.37. The number of benzene rings is 2. The second kappa shape index (κ2) is 9.15. The molecule has 2 amide bonds. The molecule has 3 heterocycles. The van der Waals surface area contributed by atoms with E-state index in [1.165, 1.54) is 6.07 Å². The zero-order valence-electron chi connectivity index (χ0n) is 21.0. The number of hydrogen-bond acceptors (Lipinski definition) is 3. The van der Waals surface area contributed by atoms with Gasteiger partial charge in [-0.1, -0.05) is 62.2 Å². The minimum absolute atomic E-state index is 0.0664. The molecule has 2 aliphatic heterocycles. The van der Waals surface area contributed by atoms with Gasteiger partial charge in [-0.2, -0.15) is 0 Å². The van der Waals surface area contributed by atoms with Crippen LogP contribution in [0.15, 0.2) is 54.7 Å². The van der Waals surface area contributed by atoms with E-state index in [2.05, 4.69) is 36.7 Å². The number of carbonyl (C=O) groups is 2. The van der Waals surface area contributed by atoms with E-state index in [9.17, 15) is 9.59 Å². The molecule has 0 unspecified atom stereocenters. The fourth-order valence-electron chi connectivity index (χ4n) is 5.95.